The number of amides is 3. The van der Waals surface area contributed by atoms with E-state index < -0.39 is 34.1 Å². The molecule has 0 aliphatic carbocycles. The lowest BCUT2D eigenvalue weighted by Crippen LogP contribution is -2.54. The summed E-state index contributed by atoms with van der Waals surface area (Å²) >= 11 is 6.33. The molecule has 35 heavy (non-hydrogen) atoms. The van der Waals surface area contributed by atoms with E-state index in [4.69, 9.17) is 16.3 Å². The van der Waals surface area contributed by atoms with Crippen LogP contribution >= 0.6 is 11.6 Å². The second-order valence-electron chi connectivity index (χ2n) is 9.35. The molecule has 4 heterocycles. The lowest BCUT2D eigenvalue weighted by Gasteiger charge is -2.36. The van der Waals surface area contributed by atoms with Crippen LogP contribution in [0.2, 0.25) is 5.02 Å². The topological polar surface area (TPSA) is 122 Å². The van der Waals surface area contributed by atoms with Gasteiger partial charge in [0.05, 0.1) is 41.3 Å². The molecule has 4 aliphatic heterocycles. The Kier molecular flexibility index (Phi) is 4.56. The highest BCUT2D eigenvalue weighted by atomic mass is 35.5. The molecule has 3 saturated heterocycles. The highest BCUT2D eigenvalue weighted by molar-refractivity contribution is 6.32. The van der Waals surface area contributed by atoms with Gasteiger partial charge in [-0.1, -0.05) is 17.7 Å². The van der Waals surface area contributed by atoms with Crippen LogP contribution in [-0.2, 0) is 19.9 Å². The monoisotopic (exact) mass is 496 g/mol. The number of fused-ring (bicyclic) bond motifs is 7. The Labute approximate surface area is 204 Å². The van der Waals surface area contributed by atoms with Gasteiger partial charge in [-0.3, -0.25) is 29.4 Å². The number of halogens is 1. The highest BCUT2D eigenvalue weighted by Gasteiger charge is 2.74. The zero-order valence-corrected chi connectivity index (χ0v) is 19.7. The predicted molar refractivity (Wildman–Crippen MR) is 125 cm³/mol. The number of imide groups is 1. The molecular formula is C24H21ClN4O6. The van der Waals surface area contributed by atoms with Crippen molar-refractivity contribution in [2.24, 2.45) is 11.8 Å². The number of nitrogens with one attached hydrogen (secondary N) is 1. The summed E-state index contributed by atoms with van der Waals surface area (Å²) in [6.45, 7) is 2.40. The first kappa shape index (κ1) is 22.0. The van der Waals surface area contributed by atoms with E-state index in [2.05, 4.69) is 5.32 Å². The van der Waals surface area contributed by atoms with Crippen LogP contribution in [0.4, 0.5) is 17.1 Å². The summed E-state index contributed by atoms with van der Waals surface area (Å²) in [5, 5.41) is 14.7. The molecule has 180 valence electrons. The van der Waals surface area contributed by atoms with Crippen molar-refractivity contribution < 1.29 is 24.0 Å². The Bertz CT molecular complexity index is 1360. The van der Waals surface area contributed by atoms with E-state index >= 15 is 0 Å². The minimum absolute atomic E-state index is 0.0390. The van der Waals surface area contributed by atoms with Gasteiger partial charge < -0.3 is 10.1 Å². The SMILES string of the molecule is COc1cc([N+](=O)[O-])ccc1N1C(=O)[C@@H]2[C@H]3CCCN3[C@]3(C(=O)Nc4c3ccc(Cl)c4C)[C@@H]2C1=O. The molecule has 4 atom stereocenters. The van der Waals surface area contributed by atoms with Gasteiger partial charge in [-0.15, -0.1) is 0 Å². The van der Waals surface area contributed by atoms with Crippen LogP contribution in [0.3, 0.4) is 0 Å². The summed E-state index contributed by atoms with van der Waals surface area (Å²) < 4.78 is 5.32. The van der Waals surface area contributed by atoms with E-state index in [1.54, 1.807) is 12.1 Å². The summed E-state index contributed by atoms with van der Waals surface area (Å²) in [4.78, 5) is 55.4. The summed E-state index contributed by atoms with van der Waals surface area (Å²) in [5.74, 6) is -2.90. The number of carbonyl (C=O) groups is 3. The van der Waals surface area contributed by atoms with Crippen LogP contribution in [-0.4, -0.2) is 47.2 Å². The third kappa shape index (κ3) is 2.55. The van der Waals surface area contributed by atoms with Crippen LogP contribution in [0.25, 0.3) is 0 Å². The van der Waals surface area contributed by atoms with Gasteiger partial charge in [-0.2, -0.15) is 0 Å². The Morgan fingerprint density at radius 2 is 1.97 bits per heavy atom. The number of anilines is 2. The van der Waals surface area contributed by atoms with Crippen LogP contribution < -0.4 is 15.0 Å². The quantitative estimate of drug-likeness (QED) is 0.393. The molecular weight excluding hydrogens is 476 g/mol. The van der Waals surface area contributed by atoms with Crippen molar-refractivity contribution in [2.75, 3.05) is 23.9 Å². The molecule has 4 aliphatic rings. The largest absolute Gasteiger partial charge is 0.494 e. The summed E-state index contributed by atoms with van der Waals surface area (Å²) in [5.41, 5.74) is 0.529. The van der Waals surface area contributed by atoms with E-state index in [0.717, 1.165) is 11.3 Å². The normalized spacial score (nSPS) is 28.9. The number of carbonyl (C=O) groups excluding carboxylic acids is 3. The fourth-order valence-electron chi connectivity index (χ4n) is 6.59. The van der Waals surface area contributed by atoms with Crippen LogP contribution in [0, 0.1) is 28.9 Å². The minimum atomic E-state index is -1.33. The van der Waals surface area contributed by atoms with E-state index in [9.17, 15) is 24.5 Å². The number of ether oxygens (including phenoxy) is 1. The lowest BCUT2D eigenvalue weighted by atomic mass is 9.75. The van der Waals surface area contributed by atoms with Crippen LogP contribution in [0.5, 0.6) is 5.75 Å². The molecule has 3 amide bonds. The number of nitrogens with zero attached hydrogens (tertiary/aromatic N) is 3. The first-order valence-corrected chi connectivity index (χ1v) is 11.7. The second-order valence-corrected chi connectivity index (χ2v) is 9.75. The molecule has 10 nitrogen and oxygen atoms in total. The van der Waals surface area contributed by atoms with Gasteiger partial charge in [0.15, 0.2) is 0 Å². The molecule has 1 N–H and O–H groups in total. The molecule has 0 saturated carbocycles. The van der Waals surface area contributed by atoms with Crippen LogP contribution in [0.15, 0.2) is 30.3 Å². The maximum absolute atomic E-state index is 14.1. The van der Waals surface area contributed by atoms with Gasteiger partial charge in [-0.25, -0.2) is 4.90 Å². The summed E-state index contributed by atoms with van der Waals surface area (Å²) in [6.07, 6.45) is 1.48. The van der Waals surface area contributed by atoms with E-state index in [1.165, 1.54) is 25.3 Å². The molecule has 0 bridgehead atoms. The van der Waals surface area contributed by atoms with Gasteiger partial charge in [0.2, 0.25) is 17.7 Å². The minimum Gasteiger partial charge on any atom is -0.494 e. The number of hydrogen-bond donors (Lipinski definition) is 1. The molecule has 2 aromatic carbocycles. The Morgan fingerprint density at radius 3 is 2.69 bits per heavy atom. The third-order valence-corrected chi connectivity index (χ3v) is 8.39. The standard InChI is InChI=1S/C24H21ClN4O6/c1-11-14(25)7-6-13-20(11)26-23(32)24(13)19-18(16-4-3-9-27(16)24)21(30)28(22(19)31)15-8-5-12(29(33)34)10-17(15)35-2/h5-8,10,16,18-19H,3-4,9H2,1-2H3,(H,26,32)/t16-,18-,19+,24+/m1/s1. The van der Waals surface area contributed by atoms with Gasteiger partial charge in [0.25, 0.3) is 5.69 Å². The number of hydrogen-bond acceptors (Lipinski definition) is 7. The van der Waals surface area contributed by atoms with E-state index in [0.29, 0.717) is 34.8 Å². The first-order valence-electron chi connectivity index (χ1n) is 11.3. The third-order valence-electron chi connectivity index (χ3n) is 7.98. The van der Waals surface area contributed by atoms with Crippen molar-refractivity contribution in [3.05, 3.63) is 56.6 Å². The van der Waals surface area contributed by atoms with Crippen molar-refractivity contribution in [3.63, 3.8) is 0 Å². The molecule has 0 unspecified atom stereocenters. The Hall–Kier alpha value is -3.50. The smallest absolute Gasteiger partial charge is 0.273 e. The van der Waals surface area contributed by atoms with E-state index in [1.807, 2.05) is 11.8 Å². The zero-order valence-electron chi connectivity index (χ0n) is 18.9. The van der Waals surface area contributed by atoms with Crippen molar-refractivity contribution in [1.82, 2.24) is 4.90 Å². The summed E-state index contributed by atoms with van der Waals surface area (Å²) in [7, 11) is 1.32. The van der Waals surface area contributed by atoms with Crippen molar-refractivity contribution in [2.45, 2.75) is 31.3 Å². The fraction of sp³-hybridized carbons (Fsp3) is 0.375. The number of nitro groups is 1. The molecule has 3 fully saturated rings. The fourth-order valence-corrected chi connectivity index (χ4v) is 6.75. The van der Waals surface area contributed by atoms with E-state index in [-0.39, 0.29) is 29.1 Å². The molecule has 1 spiro atoms. The average molecular weight is 497 g/mol. The number of methoxy groups -OCH3 is 1. The number of rotatable bonds is 3. The first-order chi connectivity index (χ1) is 16.7. The van der Waals surface area contributed by atoms with Crippen molar-refractivity contribution >= 4 is 46.4 Å². The number of nitro benzene ring substituents is 1. The maximum atomic E-state index is 14.1. The van der Waals surface area contributed by atoms with Gasteiger partial charge in [0.1, 0.15) is 11.3 Å². The molecule has 0 aromatic heterocycles. The molecule has 2 aromatic rings. The number of non-ortho nitro benzene ring substituents is 1. The van der Waals surface area contributed by atoms with Crippen LogP contribution in [0.1, 0.15) is 24.0 Å². The second kappa shape index (κ2) is 7.25. The maximum Gasteiger partial charge on any atom is 0.273 e. The van der Waals surface area contributed by atoms with Gasteiger partial charge in [-0.05, 0) is 44.0 Å². The summed E-state index contributed by atoms with van der Waals surface area (Å²) in [6, 6.07) is 6.97. The zero-order chi connectivity index (χ0) is 24.8. The van der Waals surface area contributed by atoms with Crippen molar-refractivity contribution in [3.8, 4) is 5.75 Å². The predicted octanol–water partition coefficient (Wildman–Crippen LogP) is 3.00. The van der Waals surface area contributed by atoms with Crippen molar-refractivity contribution in [1.29, 1.82) is 0 Å². The Morgan fingerprint density at radius 1 is 1.20 bits per heavy atom. The van der Waals surface area contributed by atoms with Gasteiger partial charge in [0, 0.05) is 22.7 Å². The lowest BCUT2D eigenvalue weighted by molar-refractivity contribution is -0.384. The number of benzene rings is 2. The molecule has 11 heteroatoms. The Balaban J connectivity index is 1.54. The van der Waals surface area contributed by atoms with Gasteiger partial charge >= 0.3 is 0 Å². The molecule has 0 radical (unpaired) electrons. The molecule has 6 rings (SSSR count). The average Bonchev–Trinajstić information content (AvgIpc) is 3.54. The highest BCUT2D eigenvalue weighted by Crippen LogP contribution is 2.61.